The molecule has 1 aromatic rings. The zero-order valence-electron chi connectivity index (χ0n) is 18.3. The number of likely N-dealkylation sites (tertiary alicyclic amines) is 1. The first-order valence-corrected chi connectivity index (χ1v) is 11.7. The van der Waals surface area contributed by atoms with Gasteiger partial charge >= 0.3 is 0 Å². The molecule has 7 heteroatoms. The predicted octanol–water partition coefficient (Wildman–Crippen LogP) is 2.32. The zero-order valence-corrected chi connectivity index (χ0v) is 18.3. The summed E-state index contributed by atoms with van der Waals surface area (Å²) in [6, 6.07) is 6.52. The van der Waals surface area contributed by atoms with Gasteiger partial charge in [0, 0.05) is 45.2 Å². The molecule has 31 heavy (non-hydrogen) atoms. The Morgan fingerprint density at radius 3 is 2.58 bits per heavy atom. The van der Waals surface area contributed by atoms with Crippen molar-refractivity contribution in [1.82, 2.24) is 14.7 Å². The molecule has 2 heterocycles. The van der Waals surface area contributed by atoms with Gasteiger partial charge in [-0.25, -0.2) is 4.39 Å². The quantitative estimate of drug-likeness (QED) is 0.634. The summed E-state index contributed by atoms with van der Waals surface area (Å²) >= 11 is 0. The number of amides is 2. The smallest absolute Gasteiger partial charge is 0.227 e. The van der Waals surface area contributed by atoms with E-state index in [2.05, 4.69) is 9.80 Å². The highest BCUT2D eigenvalue weighted by Crippen LogP contribution is 2.30. The van der Waals surface area contributed by atoms with Crippen LogP contribution < -0.4 is 0 Å². The van der Waals surface area contributed by atoms with Crippen LogP contribution in [0.4, 0.5) is 4.39 Å². The Labute approximate surface area is 184 Å². The number of nitrogens with zero attached hydrogens (tertiary/aromatic N) is 3. The summed E-state index contributed by atoms with van der Waals surface area (Å²) in [6.07, 6.45) is 4.93. The number of benzene rings is 1. The fourth-order valence-electron chi connectivity index (χ4n) is 4.79. The first-order valence-electron chi connectivity index (χ1n) is 11.7. The largest absolute Gasteiger partial charge is 0.379 e. The summed E-state index contributed by atoms with van der Waals surface area (Å²) in [5.74, 6) is 0.0293. The summed E-state index contributed by atoms with van der Waals surface area (Å²) < 4.78 is 19.4. The fraction of sp³-hybridized carbons (Fsp3) is 0.667. The molecule has 3 aliphatic rings. The molecule has 0 aromatic heterocycles. The summed E-state index contributed by atoms with van der Waals surface area (Å²) in [7, 11) is 0. The lowest BCUT2D eigenvalue weighted by atomic mass is 9.84. The van der Waals surface area contributed by atoms with E-state index < -0.39 is 0 Å². The second kappa shape index (κ2) is 10.6. The minimum Gasteiger partial charge on any atom is -0.379 e. The Morgan fingerprint density at radius 2 is 1.87 bits per heavy atom. The van der Waals surface area contributed by atoms with Crippen molar-refractivity contribution < 1.29 is 18.7 Å². The van der Waals surface area contributed by atoms with Crippen LogP contribution in [0.2, 0.25) is 0 Å². The molecule has 0 bridgehead atoms. The van der Waals surface area contributed by atoms with Gasteiger partial charge in [-0.05, 0) is 37.3 Å². The van der Waals surface area contributed by atoms with E-state index in [9.17, 15) is 14.0 Å². The predicted molar refractivity (Wildman–Crippen MR) is 116 cm³/mol. The van der Waals surface area contributed by atoms with Gasteiger partial charge in [-0.1, -0.05) is 24.6 Å². The van der Waals surface area contributed by atoms with Crippen LogP contribution >= 0.6 is 0 Å². The molecule has 2 aliphatic heterocycles. The third kappa shape index (κ3) is 5.63. The monoisotopic (exact) mass is 431 g/mol. The van der Waals surface area contributed by atoms with Crippen molar-refractivity contribution in [3.63, 3.8) is 0 Å². The number of carbonyl (C=O) groups is 2. The Hall–Kier alpha value is -1.99. The normalized spacial score (nSPS) is 22.4. The summed E-state index contributed by atoms with van der Waals surface area (Å²) in [5, 5.41) is 0. The van der Waals surface area contributed by atoms with E-state index in [1.54, 1.807) is 23.1 Å². The highest BCUT2D eigenvalue weighted by Gasteiger charge is 2.37. The summed E-state index contributed by atoms with van der Waals surface area (Å²) in [5.41, 5.74) is 0.434. The van der Waals surface area contributed by atoms with Gasteiger partial charge in [0.05, 0.1) is 25.7 Å². The SMILES string of the molecule is O=C(Cc1ccccc1F)N1CCC(N(CCCN2CCOCC2)C(=O)C2CCC2)C1. The average Bonchev–Trinajstić information content (AvgIpc) is 3.22. The Balaban J connectivity index is 1.33. The van der Waals surface area contributed by atoms with Crippen LogP contribution in [-0.2, 0) is 20.7 Å². The molecule has 6 nitrogen and oxygen atoms in total. The lowest BCUT2D eigenvalue weighted by molar-refractivity contribution is -0.141. The summed E-state index contributed by atoms with van der Waals surface area (Å²) in [6.45, 7) is 6.39. The molecule has 1 unspecified atom stereocenters. The molecule has 4 rings (SSSR count). The number of rotatable bonds is 8. The highest BCUT2D eigenvalue weighted by molar-refractivity contribution is 5.81. The lowest BCUT2D eigenvalue weighted by Crippen LogP contribution is -2.48. The van der Waals surface area contributed by atoms with Gasteiger partial charge in [0.1, 0.15) is 5.82 Å². The van der Waals surface area contributed by atoms with E-state index in [0.29, 0.717) is 18.7 Å². The zero-order chi connectivity index (χ0) is 21.6. The topological polar surface area (TPSA) is 53.1 Å². The van der Waals surface area contributed by atoms with Crippen molar-refractivity contribution in [3.8, 4) is 0 Å². The van der Waals surface area contributed by atoms with Crippen LogP contribution in [0.5, 0.6) is 0 Å². The summed E-state index contributed by atoms with van der Waals surface area (Å²) in [4.78, 5) is 32.2. The van der Waals surface area contributed by atoms with Gasteiger partial charge in [0.25, 0.3) is 0 Å². The van der Waals surface area contributed by atoms with E-state index in [4.69, 9.17) is 4.74 Å². The van der Waals surface area contributed by atoms with Crippen molar-refractivity contribution in [2.75, 3.05) is 52.5 Å². The van der Waals surface area contributed by atoms with Crippen molar-refractivity contribution >= 4 is 11.8 Å². The third-order valence-electron chi connectivity index (χ3n) is 6.97. The van der Waals surface area contributed by atoms with Crippen LogP contribution in [0.15, 0.2) is 24.3 Å². The van der Waals surface area contributed by atoms with E-state index in [-0.39, 0.29) is 36.0 Å². The van der Waals surface area contributed by atoms with E-state index in [1.165, 1.54) is 6.07 Å². The van der Waals surface area contributed by atoms with Crippen molar-refractivity contribution in [2.24, 2.45) is 5.92 Å². The molecule has 1 aliphatic carbocycles. The molecule has 0 spiro atoms. The Kier molecular flexibility index (Phi) is 7.56. The molecular weight excluding hydrogens is 397 g/mol. The maximum Gasteiger partial charge on any atom is 0.227 e. The van der Waals surface area contributed by atoms with Crippen LogP contribution in [0.1, 0.15) is 37.7 Å². The van der Waals surface area contributed by atoms with Crippen LogP contribution in [-0.4, -0.2) is 85.0 Å². The van der Waals surface area contributed by atoms with Gasteiger partial charge < -0.3 is 14.5 Å². The number of ether oxygens (including phenoxy) is 1. The molecule has 1 atom stereocenters. The molecule has 1 saturated carbocycles. The molecule has 0 radical (unpaired) electrons. The number of carbonyl (C=O) groups excluding carboxylic acids is 2. The molecule has 2 saturated heterocycles. The van der Waals surface area contributed by atoms with Crippen LogP contribution in [0.25, 0.3) is 0 Å². The Bertz CT molecular complexity index is 764. The fourth-order valence-corrected chi connectivity index (χ4v) is 4.79. The van der Waals surface area contributed by atoms with Crippen molar-refractivity contribution in [1.29, 1.82) is 0 Å². The minimum absolute atomic E-state index is 0.0584. The maximum atomic E-state index is 13.9. The molecule has 170 valence electrons. The number of halogens is 1. The molecule has 0 N–H and O–H groups in total. The van der Waals surface area contributed by atoms with Gasteiger partial charge in [0.15, 0.2) is 0 Å². The number of hydrogen-bond donors (Lipinski definition) is 0. The second-order valence-corrected chi connectivity index (χ2v) is 9.02. The minimum atomic E-state index is -0.337. The van der Waals surface area contributed by atoms with Crippen molar-refractivity contribution in [2.45, 2.75) is 44.6 Å². The first-order chi connectivity index (χ1) is 15.1. The van der Waals surface area contributed by atoms with Gasteiger partial charge in [-0.15, -0.1) is 0 Å². The second-order valence-electron chi connectivity index (χ2n) is 9.02. The van der Waals surface area contributed by atoms with Crippen LogP contribution in [0, 0.1) is 11.7 Å². The third-order valence-corrected chi connectivity index (χ3v) is 6.97. The van der Waals surface area contributed by atoms with E-state index in [1.807, 2.05) is 0 Å². The Morgan fingerprint density at radius 1 is 1.10 bits per heavy atom. The maximum absolute atomic E-state index is 13.9. The molecular formula is C24H34FN3O3. The average molecular weight is 432 g/mol. The number of morpholine rings is 1. The van der Waals surface area contributed by atoms with Crippen molar-refractivity contribution in [3.05, 3.63) is 35.6 Å². The first kappa shape index (κ1) is 22.2. The molecule has 2 amide bonds. The van der Waals surface area contributed by atoms with Crippen LogP contribution in [0.3, 0.4) is 0 Å². The van der Waals surface area contributed by atoms with Gasteiger partial charge in [-0.2, -0.15) is 0 Å². The van der Waals surface area contributed by atoms with Gasteiger partial charge in [-0.3, -0.25) is 14.5 Å². The van der Waals surface area contributed by atoms with E-state index >= 15 is 0 Å². The molecule has 3 fully saturated rings. The molecule has 1 aromatic carbocycles. The van der Waals surface area contributed by atoms with E-state index in [0.717, 1.165) is 71.5 Å². The number of hydrogen-bond acceptors (Lipinski definition) is 4. The van der Waals surface area contributed by atoms with Gasteiger partial charge in [0.2, 0.25) is 11.8 Å². The highest BCUT2D eigenvalue weighted by atomic mass is 19.1. The lowest BCUT2D eigenvalue weighted by Gasteiger charge is -2.36. The standard InChI is InChI=1S/C24H34FN3O3/c25-22-8-2-1-5-20(22)17-23(29)27-12-9-21(18-27)28(24(30)19-6-3-7-19)11-4-10-26-13-15-31-16-14-26/h1-2,5,8,19,21H,3-4,6-7,9-18H2.